The van der Waals surface area contributed by atoms with Crippen LogP contribution in [0.2, 0.25) is 0 Å². The number of amides is 1. The third-order valence-corrected chi connectivity index (χ3v) is 5.92. The van der Waals surface area contributed by atoms with E-state index in [4.69, 9.17) is 4.74 Å². The van der Waals surface area contributed by atoms with Crippen LogP contribution in [-0.4, -0.2) is 50.7 Å². The maximum Gasteiger partial charge on any atom is 0.417 e. The molecule has 6 nitrogen and oxygen atoms in total. The number of halogens is 5. The number of benzene rings is 1. The van der Waals surface area contributed by atoms with Gasteiger partial charge in [-0.3, -0.25) is 9.48 Å². The second-order valence-electron chi connectivity index (χ2n) is 8.66. The normalized spacial score (nSPS) is 20.0. The Hall–Kier alpha value is -3.50. The lowest BCUT2D eigenvalue weighted by molar-refractivity contribution is -0.137. The number of piperidine rings is 1. The maximum absolute atomic E-state index is 14.5. The smallest absolute Gasteiger partial charge is 0.417 e. The quantitative estimate of drug-likeness (QED) is 0.465. The Morgan fingerprint density at radius 1 is 1.17 bits per heavy atom. The molecule has 1 aliphatic heterocycles. The largest absolute Gasteiger partial charge is 0.475 e. The first kappa shape index (κ1) is 24.6. The van der Waals surface area contributed by atoms with Gasteiger partial charge in [-0.15, -0.1) is 0 Å². The van der Waals surface area contributed by atoms with Crippen LogP contribution in [0.1, 0.15) is 29.4 Å². The fraction of sp³-hybridized carbons (Fsp3) is 0.375. The van der Waals surface area contributed by atoms with Crippen LogP contribution in [0.3, 0.4) is 0 Å². The zero-order valence-corrected chi connectivity index (χ0v) is 19.0. The number of ether oxygens (including phenoxy) is 1. The number of aryl methyl sites for hydroxylation is 1. The number of hydrogen-bond acceptors (Lipinski definition) is 4. The van der Waals surface area contributed by atoms with Crippen LogP contribution in [-0.2, 0) is 13.2 Å². The van der Waals surface area contributed by atoms with E-state index in [1.54, 1.807) is 44.4 Å². The summed E-state index contributed by atoms with van der Waals surface area (Å²) in [5, 5.41) is 4.24. The number of rotatable bonds is 5. The summed E-state index contributed by atoms with van der Waals surface area (Å²) in [7, 11) is 1.63. The van der Waals surface area contributed by atoms with Gasteiger partial charge < -0.3 is 9.64 Å². The van der Waals surface area contributed by atoms with E-state index in [0.717, 1.165) is 17.0 Å². The predicted molar refractivity (Wildman–Crippen MR) is 117 cm³/mol. The molecule has 1 saturated heterocycles. The van der Waals surface area contributed by atoms with Gasteiger partial charge in [0.1, 0.15) is 6.61 Å². The van der Waals surface area contributed by atoms with E-state index in [-0.39, 0.29) is 18.2 Å². The Bertz CT molecular complexity index is 1180. The molecule has 1 aromatic carbocycles. The fourth-order valence-electron chi connectivity index (χ4n) is 4.24. The van der Waals surface area contributed by atoms with Crippen LogP contribution in [0.4, 0.5) is 22.0 Å². The maximum atomic E-state index is 14.5. The first-order valence-electron chi connectivity index (χ1n) is 10.9. The van der Waals surface area contributed by atoms with Crippen molar-refractivity contribution >= 4 is 5.91 Å². The average Bonchev–Trinajstić information content (AvgIpc) is 3.19. The van der Waals surface area contributed by atoms with Gasteiger partial charge in [0.05, 0.1) is 18.2 Å². The van der Waals surface area contributed by atoms with E-state index in [0.29, 0.717) is 17.3 Å². The number of alkyl halides is 5. The van der Waals surface area contributed by atoms with Crippen molar-refractivity contribution in [2.75, 3.05) is 13.2 Å². The van der Waals surface area contributed by atoms with Gasteiger partial charge in [0.15, 0.2) is 5.69 Å². The van der Waals surface area contributed by atoms with Gasteiger partial charge in [0, 0.05) is 37.5 Å². The second kappa shape index (κ2) is 9.27. The highest BCUT2D eigenvalue weighted by atomic mass is 19.4. The number of pyridine rings is 1. The highest BCUT2D eigenvalue weighted by Gasteiger charge is 2.47. The lowest BCUT2D eigenvalue weighted by atomic mass is 9.88. The number of aromatic nitrogens is 3. The molecule has 3 aromatic rings. The molecule has 0 aliphatic carbocycles. The van der Waals surface area contributed by atoms with Gasteiger partial charge in [-0.2, -0.15) is 18.3 Å². The van der Waals surface area contributed by atoms with Crippen molar-refractivity contribution in [2.45, 2.75) is 31.5 Å². The predicted octanol–water partition coefficient (Wildman–Crippen LogP) is 5.07. The summed E-state index contributed by atoms with van der Waals surface area (Å²) in [6, 6.07) is 10.1. The van der Waals surface area contributed by atoms with E-state index in [1.807, 2.05) is 6.07 Å². The standard InChI is InChI=1S/C24H23F5N4O2/c1-15-10-23(25,26)14-33(19(15)13-35-20-9-8-17(11-30-20)24(27,28)29)22(34)21-18(12-32(2)31-21)16-6-4-3-5-7-16/h3-9,11-12,15,19H,10,13-14H2,1-2H3. The Morgan fingerprint density at radius 2 is 1.89 bits per heavy atom. The molecule has 1 amide bonds. The second-order valence-corrected chi connectivity index (χ2v) is 8.66. The zero-order valence-electron chi connectivity index (χ0n) is 19.0. The lowest BCUT2D eigenvalue weighted by Crippen LogP contribution is -2.57. The highest BCUT2D eigenvalue weighted by Crippen LogP contribution is 2.36. The molecule has 2 aromatic heterocycles. The molecular formula is C24H23F5N4O2. The SMILES string of the molecule is CC1CC(F)(F)CN(C(=O)c2nn(C)cc2-c2ccccc2)C1COc1ccc(C(F)(F)F)cn1. The van der Waals surface area contributed by atoms with Crippen molar-refractivity contribution in [1.29, 1.82) is 0 Å². The number of likely N-dealkylation sites (tertiary alicyclic amines) is 1. The molecule has 3 heterocycles. The van der Waals surface area contributed by atoms with Gasteiger partial charge in [0.2, 0.25) is 5.88 Å². The van der Waals surface area contributed by atoms with E-state index in [2.05, 4.69) is 10.1 Å². The van der Waals surface area contributed by atoms with Crippen LogP contribution >= 0.6 is 0 Å². The molecule has 1 aliphatic rings. The molecule has 2 unspecified atom stereocenters. The van der Waals surface area contributed by atoms with Crippen molar-refractivity contribution in [1.82, 2.24) is 19.7 Å². The summed E-state index contributed by atoms with van der Waals surface area (Å²) < 4.78 is 74.4. The average molecular weight is 494 g/mol. The minimum Gasteiger partial charge on any atom is -0.475 e. The molecule has 0 N–H and O–H groups in total. The molecule has 11 heteroatoms. The third-order valence-electron chi connectivity index (χ3n) is 5.92. The van der Waals surface area contributed by atoms with E-state index < -0.39 is 48.5 Å². The monoisotopic (exact) mass is 494 g/mol. The molecule has 0 saturated carbocycles. The summed E-state index contributed by atoms with van der Waals surface area (Å²) in [6.45, 7) is 0.544. The van der Waals surface area contributed by atoms with Gasteiger partial charge in [0.25, 0.3) is 11.8 Å². The Labute approximate surface area is 198 Å². The molecule has 186 valence electrons. The summed E-state index contributed by atoms with van der Waals surface area (Å²) in [4.78, 5) is 18.2. The third kappa shape index (κ3) is 5.44. The summed E-state index contributed by atoms with van der Waals surface area (Å²) >= 11 is 0. The summed E-state index contributed by atoms with van der Waals surface area (Å²) in [5.74, 6) is -4.54. The Kier molecular flexibility index (Phi) is 6.52. The topological polar surface area (TPSA) is 60.2 Å². The number of nitrogens with zero attached hydrogens (tertiary/aromatic N) is 4. The molecule has 4 rings (SSSR count). The van der Waals surface area contributed by atoms with Gasteiger partial charge in [-0.25, -0.2) is 13.8 Å². The van der Waals surface area contributed by atoms with Crippen LogP contribution in [0, 0.1) is 5.92 Å². The molecule has 0 spiro atoms. The minimum atomic E-state index is -4.54. The van der Waals surface area contributed by atoms with Crippen molar-refractivity contribution < 1.29 is 31.5 Å². The van der Waals surface area contributed by atoms with Gasteiger partial charge in [-0.05, 0) is 17.5 Å². The Morgan fingerprint density at radius 3 is 2.51 bits per heavy atom. The molecular weight excluding hydrogens is 471 g/mol. The first-order chi connectivity index (χ1) is 16.4. The highest BCUT2D eigenvalue weighted by molar-refractivity contribution is 5.99. The molecule has 35 heavy (non-hydrogen) atoms. The van der Waals surface area contributed by atoms with E-state index in [1.165, 1.54) is 4.68 Å². The molecule has 0 bridgehead atoms. The van der Waals surface area contributed by atoms with Crippen LogP contribution in [0.25, 0.3) is 11.1 Å². The van der Waals surface area contributed by atoms with Crippen molar-refractivity contribution in [3.63, 3.8) is 0 Å². The number of carbonyl (C=O) groups excluding carboxylic acids is 1. The van der Waals surface area contributed by atoms with E-state index in [9.17, 15) is 26.7 Å². The minimum absolute atomic E-state index is 0.0289. The van der Waals surface area contributed by atoms with Crippen molar-refractivity contribution in [3.8, 4) is 17.0 Å². The van der Waals surface area contributed by atoms with E-state index >= 15 is 0 Å². The van der Waals surface area contributed by atoms with Gasteiger partial charge in [-0.1, -0.05) is 37.3 Å². The number of hydrogen-bond donors (Lipinski definition) is 0. The van der Waals surface area contributed by atoms with Crippen LogP contribution in [0.5, 0.6) is 5.88 Å². The summed E-state index contributed by atoms with van der Waals surface area (Å²) in [6.07, 6.45) is -2.72. The molecule has 2 atom stereocenters. The van der Waals surface area contributed by atoms with Crippen molar-refractivity contribution in [2.24, 2.45) is 13.0 Å². The molecule has 1 fully saturated rings. The van der Waals surface area contributed by atoms with Crippen LogP contribution < -0.4 is 4.74 Å². The van der Waals surface area contributed by atoms with Crippen molar-refractivity contribution in [3.05, 3.63) is 66.1 Å². The number of carbonyl (C=O) groups is 1. The molecule has 0 radical (unpaired) electrons. The first-order valence-corrected chi connectivity index (χ1v) is 10.9. The summed E-state index contributed by atoms with van der Waals surface area (Å²) in [5.41, 5.74) is 0.309. The van der Waals surface area contributed by atoms with Gasteiger partial charge >= 0.3 is 6.18 Å². The Balaban J connectivity index is 1.60. The lowest BCUT2D eigenvalue weighted by Gasteiger charge is -2.42. The fourth-order valence-corrected chi connectivity index (χ4v) is 4.24. The zero-order chi connectivity index (χ0) is 25.4. The van der Waals surface area contributed by atoms with Crippen LogP contribution in [0.15, 0.2) is 54.9 Å².